The lowest BCUT2D eigenvalue weighted by atomic mass is 10.0. The van der Waals surface area contributed by atoms with Gasteiger partial charge in [-0.05, 0) is 37.3 Å². The van der Waals surface area contributed by atoms with Crippen molar-refractivity contribution in [3.8, 4) is 17.1 Å². The summed E-state index contributed by atoms with van der Waals surface area (Å²) in [7, 11) is 0. The number of halogens is 1. The summed E-state index contributed by atoms with van der Waals surface area (Å²) < 4.78 is 1.87. The molecular weight excluding hydrogens is 346 g/mol. The number of rotatable bonds is 2. The number of aromatic amines is 1. The molecular formula is C20H14ClN5. The fourth-order valence-corrected chi connectivity index (χ4v) is 3.53. The molecule has 4 heterocycles. The van der Waals surface area contributed by atoms with E-state index in [4.69, 9.17) is 11.6 Å². The van der Waals surface area contributed by atoms with Crippen molar-refractivity contribution in [2.24, 2.45) is 0 Å². The fourth-order valence-electron chi connectivity index (χ4n) is 3.32. The second-order valence-corrected chi connectivity index (χ2v) is 6.62. The lowest BCUT2D eigenvalue weighted by molar-refractivity contribution is 0.937. The van der Waals surface area contributed by atoms with Crippen LogP contribution in [-0.4, -0.2) is 24.5 Å². The van der Waals surface area contributed by atoms with Crippen LogP contribution < -0.4 is 0 Å². The minimum Gasteiger partial charge on any atom is -0.353 e. The number of nitrogens with zero attached hydrogens (tertiary/aromatic N) is 4. The van der Waals surface area contributed by atoms with Crippen LogP contribution in [-0.2, 0) is 0 Å². The molecule has 0 saturated carbocycles. The smallest absolute Gasteiger partial charge is 0.233 e. The van der Waals surface area contributed by atoms with Crippen molar-refractivity contribution in [3.05, 3.63) is 72.0 Å². The topological polar surface area (TPSA) is 59.4 Å². The molecule has 126 valence electrons. The number of aromatic nitrogens is 5. The van der Waals surface area contributed by atoms with Crippen LogP contribution in [0, 0.1) is 6.92 Å². The van der Waals surface area contributed by atoms with Crippen molar-refractivity contribution in [2.75, 3.05) is 0 Å². The van der Waals surface area contributed by atoms with Crippen LogP contribution in [0.25, 0.3) is 38.9 Å². The number of aryl methyl sites for hydroxylation is 1. The maximum Gasteiger partial charge on any atom is 0.233 e. The number of nitrogens with one attached hydrogen (secondary N) is 1. The van der Waals surface area contributed by atoms with Crippen molar-refractivity contribution in [1.29, 1.82) is 0 Å². The molecule has 0 aliphatic heterocycles. The van der Waals surface area contributed by atoms with Crippen LogP contribution in [0.5, 0.6) is 0 Å². The normalized spacial score (nSPS) is 11.5. The van der Waals surface area contributed by atoms with Gasteiger partial charge in [-0.25, -0.2) is 9.97 Å². The summed E-state index contributed by atoms with van der Waals surface area (Å²) in [5, 5.41) is 2.86. The van der Waals surface area contributed by atoms with E-state index in [1.165, 1.54) is 0 Å². The summed E-state index contributed by atoms with van der Waals surface area (Å²) >= 11 is 6.41. The molecule has 5 aromatic rings. The van der Waals surface area contributed by atoms with Crippen LogP contribution in [0.4, 0.5) is 0 Å². The Hall–Kier alpha value is -3.18. The van der Waals surface area contributed by atoms with Gasteiger partial charge < -0.3 is 4.98 Å². The number of H-pyrrole nitrogens is 1. The molecule has 4 aromatic heterocycles. The van der Waals surface area contributed by atoms with Gasteiger partial charge in [-0.2, -0.15) is 0 Å². The zero-order chi connectivity index (χ0) is 17.7. The zero-order valence-corrected chi connectivity index (χ0v) is 14.7. The van der Waals surface area contributed by atoms with Crippen LogP contribution in [0.15, 0.2) is 61.3 Å². The number of fused-ring (bicyclic) bond motifs is 3. The Kier molecular flexibility index (Phi) is 3.30. The van der Waals surface area contributed by atoms with E-state index in [9.17, 15) is 0 Å². The quantitative estimate of drug-likeness (QED) is 0.486. The first-order valence-corrected chi connectivity index (χ1v) is 8.61. The Morgan fingerprint density at radius 1 is 0.962 bits per heavy atom. The van der Waals surface area contributed by atoms with E-state index in [2.05, 4.69) is 19.9 Å². The van der Waals surface area contributed by atoms with Crippen LogP contribution in [0.2, 0.25) is 5.02 Å². The van der Waals surface area contributed by atoms with Crippen molar-refractivity contribution < 1.29 is 0 Å². The molecule has 0 aliphatic carbocycles. The molecule has 1 N–H and O–H groups in total. The van der Waals surface area contributed by atoms with Crippen LogP contribution >= 0.6 is 11.6 Å². The van der Waals surface area contributed by atoms with Crippen LogP contribution in [0.3, 0.4) is 0 Å². The highest BCUT2D eigenvalue weighted by Gasteiger charge is 2.13. The third kappa shape index (κ3) is 2.29. The molecule has 26 heavy (non-hydrogen) atoms. The third-order valence-corrected chi connectivity index (χ3v) is 4.79. The van der Waals surface area contributed by atoms with Crippen molar-refractivity contribution >= 4 is 33.4 Å². The molecule has 0 saturated heterocycles. The molecule has 6 heteroatoms. The maximum atomic E-state index is 6.41. The van der Waals surface area contributed by atoms with Gasteiger partial charge in [0.1, 0.15) is 0 Å². The third-order valence-electron chi connectivity index (χ3n) is 4.57. The van der Waals surface area contributed by atoms with Crippen molar-refractivity contribution in [3.63, 3.8) is 0 Å². The summed E-state index contributed by atoms with van der Waals surface area (Å²) in [5.41, 5.74) is 4.88. The first-order chi connectivity index (χ1) is 12.7. The van der Waals surface area contributed by atoms with E-state index >= 15 is 0 Å². The highest BCUT2D eigenvalue weighted by Crippen LogP contribution is 2.36. The van der Waals surface area contributed by atoms with Gasteiger partial charge in [0.15, 0.2) is 0 Å². The second-order valence-electron chi connectivity index (χ2n) is 6.18. The summed E-state index contributed by atoms with van der Waals surface area (Å²) in [4.78, 5) is 16.9. The molecule has 0 aliphatic rings. The summed E-state index contributed by atoms with van der Waals surface area (Å²) in [6, 6.07) is 9.81. The predicted molar refractivity (Wildman–Crippen MR) is 104 cm³/mol. The Morgan fingerprint density at radius 3 is 2.50 bits per heavy atom. The molecule has 0 fully saturated rings. The number of hydrogen-bond donors (Lipinski definition) is 1. The Bertz CT molecular complexity index is 1240. The van der Waals surface area contributed by atoms with E-state index in [0.29, 0.717) is 11.0 Å². The molecule has 0 unspecified atom stereocenters. The number of benzene rings is 1. The standard InChI is InChI=1S/C20H14ClN5/c1-12-18-15(4-5-22-12)17-9-14(21)8-16(19(17)25-18)13-10-23-20(24-11-13)26-6-2-3-7-26/h2-11,25H,1H3. The SMILES string of the molecule is Cc1nccc2c1[nH]c1c(-c3cnc(-n4cccc4)nc3)cc(Cl)cc12. The molecule has 0 radical (unpaired) electrons. The highest BCUT2D eigenvalue weighted by atomic mass is 35.5. The lowest BCUT2D eigenvalue weighted by Gasteiger charge is -2.06. The molecule has 0 amide bonds. The second kappa shape index (κ2) is 5.68. The van der Waals surface area contributed by atoms with E-state index in [1.54, 1.807) is 0 Å². The largest absolute Gasteiger partial charge is 0.353 e. The Labute approximate surface area is 154 Å². The summed E-state index contributed by atoms with van der Waals surface area (Å²) in [6.45, 7) is 1.99. The van der Waals surface area contributed by atoms with E-state index in [0.717, 1.165) is 38.6 Å². The minimum atomic E-state index is 0.633. The Morgan fingerprint density at radius 2 is 1.73 bits per heavy atom. The molecule has 0 spiro atoms. The number of hydrogen-bond acceptors (Lipinski definition) is 3. The monoisotopic (exact) mass is 359 g/mol. The minimum absolute atomic E-state index is 0.633. The van der Waals surface area contributed by atoms with Gasteiger partial charge >= 0.3 is 0 Å². The highest BCUT2D eigenvalue weighted by molar-refractivity contribution is 6.32. The molecule has 5 nitrogen and oxygen atoms in total. The Balaban J connectivity index is 1.73. The fraction of sp³-hybridized carbons (Fsp3) is 0.0500. The van der Waals surface area contributed by atoms with Gasteiger partial charge in [0.05, 0.1) is 16.7 Å². The van der Waals surface area contributed by atoms with E-state index in [-0.39, 0.29) is 0 Å². The van der Waals surface area contributed by atoms with Crippen LogP contribution in [0.1, 0.15) is 5.69 Å². The zero-order valence-electron chi connectivity index (χ0n) is 13.9. The van der Waals surface area contributed by atoms with Crippen molar-refractivity contribution in [1.82, 2.24) is 24.5 Å². The van der Waals surface area contributed by atoms with Gasteiger partial charge in [-0.3, -0.25) is 9.55 Å². The van der Waals surface area contributed by atoms with E-state index in [1.807, 2.05) is 72.8 Å². The molecule has 1 aromatic carbocycles. The van der Waals surface area contributed by atoms with Gasteiger partial charge in [-0.1, -0.05) is 11.6 Å². The summed E-state index contributed by atoms with van der Waals surface area (Å²) in [5.74, 6) is 0.633. The summed E-state index contributed by atoms with van der Waals surface area (Å²) in [6.07, 6.45) is 9.30. The van der Waals surface area contributed by atoms with Gasteiger partial charge in [-0.15, -0.1) is 0 Å². The predicted octanol–water partition coefficient (Wildman–Crippen LogP) is 4.93. The molecule has 5 rings (SSSR count). The lowest BCUT2D eigenvalue weighted by Crippen LogP contribution is -1.97. The maximum absolute atomic E-state index is 6.41. The van der Waals surface area contributed by atoms with Gasteiger partial charge in [0.25, 0.3) is 0 Å². The first-order valence-electron chi connectivity index (χ1n) is 8.23. The van der Waals surface area contributed by atoms with Gasteiger partial charge in [0.2, 0.25) is 5.95 Å². The molecule has 0 atom stereocenters. The van der Waals surface area contributed by atoms with Crippen molar-refractivity contribution in [2.45, 2.75) is 6.92 Å². The average molecular weight is 360 g/mol. The van der Waals surface area contributed by atoms with E-state index < -0.39 is 0 Å². The van der Waals surface area contributed by atoms with Gasteiger partial charge in [0, 0.05) is 57.9 Å². The molecule has 0 bridgehead atoms. The average Bonchev–Trinajstić information content (AvgIpc) is 3.30. The number of pyridine rings is 1. The first kappa shape index (κ1) is 15.1.